The molecule has 1 aliphatic heterocycles. The fraction of sp³-hybridized carbons (Fsp3) is 0.462. The number of nitrogens with zero attached hydrogens (tertiary/aromatic N) is 1. The van der Waals surface area contributed by atoms with Crippen LogP contribution in [0.25, 0.3) is 0 Å². The summed E-state index contributed by atoms with van der Waals surface area (Å²) < 4.78 is 75.3. The maximum Gasteiger partial charge on any atom is 0.534 e. The molecule has 0 atom stereocenters. The third-order valence-electron chi connectivity index (χ3n) is 3.15. The molecule has 1 aliphatic rings. The van der Waals surface area contributed by atoms with E-state index >= 15 is 0 Å². The Kier molecular flexibility index (Phi) is 4.85. The highest BCUT2D eigenvalue weighted by molar-refractivity contribution is 7.88. The van der Waals surface area contributed by atoms with Crippen LogP contribution in [-0.2, 0) is 19.4 Å². The first-order chi connectivity index (χ1) is 11.0. The highest BCUT2D eigenvalue weighted by Gasteiger charge is 2.49. The smallest absolute Gasteiger partial charge is 0.407 e. The summed E-state index contributed by atoms with van der Waals surface area (Å²) >= 11 is 0. The van der Waals surface area contributed by atoms with Crippen molar-refractivity contribution in [2.75, 3.05) is 13.2 Å². The molecule has 130 valence electrons. The molecule has 0 amide bonds. The Morgan fingerprint density at radius 1 is 1.29 bits per heavy atom. The molecule has 0 aliphatic carbocycles. The van der Waals surface area contributed by atoms with E-state index in [1.54, 1.807) is 6.07 Å². The van der Waals surface area contributed by atoms with Crippen LogP contribution >= 0.6 is 0 Å². The van der Waals surface area contributed by atoms with Crippen molar-refractivity contribution in [3.8, 4) is 11.8 Å². The van der Waals surface area contributed by atoms with E-state index in [9.17, 15) is 21.6 Å². The number of hydrogen-bond acceptors (Lipinski definition) is 6. The van der Waals surface area contributed by atoms with Gasteiger partial charge in [-0.2, -0.15) is 26.9 Å². The highest BCUT2D eigenvalue weighted by atomic mass is 32.2. The number of alkyl halides is 3. The van der Waals surface area contributed by atoms with Crippen molar-refractivity contribution in [3.05, 3.63) is 23.8 Å². The molecule has 0 unspecified atom stereocenters. The number of hydrogen-bond donors (Lipinski definition) is 0. The van der Waals surface area contributed by atoms with Gasteiger partial charge in [-0.3, -0.25) is 0 Å². The zero-order valence-corrected chi connectivity index (χ0v) is 13.6. The maximum absolute atomic E-state index is 12.6. The van der Waals surface area contributed by atoms with Crippen LogP contribution in [0.2, 0.25) is 0 Å². The molecule has 0 bridgehead atoms. The third kappa shape index (κ3) is 3.83. The molecule has 1 aromatic carbocycles. The normalized spacial score (nSPS) is 18.1. The Bertz CT molecular complexity index is 763. The maximum atomic E-state index is 12.6. The average molecular weight is 363 g/mol. The second-order valence-electron chi connectivity index (χ2n) is 5.94. The molecule has 1 saturated heterocycles. The van der Waals surface area contributed by atoms with Crippen molar-refractivity contribution >= 4 is 22.7 Å². The number of nitriles is 1. The van der Waals surface area contributed by atoms with Gasteiger partial charge in [0.25, 0.3) is 0 Å². The van der Waals surface area contributed by atoms with Crippen LogP contribution in [0, 0.1) is 16.7 Å². The third-order valence-corrected chi connectivity index (χ3v) is 4.10. The van der Waals surface area contributed by atoms with E-state index in [0.29, 0.717) is 0 Å². The van der Waals surface area contributed by atoms with Gasteiger partial charge in [0.15, 0.2) is 5.75 Å². The zero-order valence-electron chi connectivity index (χ0n) is 12.8. The minimum absolute atomic E-state index is 0.0997. The first-order valence-corrected chi connectivity index (χ1v) is 8.15. The monoisotopic (exact) mass is 363 g/mol. The summed E-state index contributed by atoms with van der Waals surface area (Å²) in [7, 11) is -7.06. The molecule has 11 heteroatoms. The molecule has 0 spiro atoms. The summed E-state index contributed by atoms with van der Waals surface area (Å²) in [5.41, 5.74) is -6.40. The summed E-state index contributed by atoms with van der Waals surface area (Å²) in [5.74, 6) is -0.748. The molecule has 24 heavy (non-hydrogen) atoms. The lowest BCUT2D eigenvalue weighted by molar-refractivity contribution is -0.0500. The largest absolute Gasteiger partial charge is 0.534 e. The summed E-state index contributed by atoms with van der Waals surface area (Å²) in [6.45, 7) is 4.20. The molecule has 6 nitrogen and oxygen atoms in total. The van der Waals surface area contributed by atoms with E-state index in [2.05, 4.69) is 4.18 Å². The van der Waals surface area contributed by atoms with Gasteiger partial charge in [0.05, 0.1) is 5.56 Å². The topological polar surface area (TPSA) is 85.6 Å². The SMILES string of the molecule is CC1(C)COB(c2cccc(C#N)c2OS(=O)(=O)C(F)(F)F)OC1. The van der Waals surface area contributed by atoms with Crippen LogP contribution in [0.5, 0.6) is 5.75 Å². The second kappa shape index (κ2) is 6.27. The van der Waals surface area contributed by atoms with E-state index in [1.165, 1.54) is 12.1 Å². The number of para-hydroxylation sites is 1. The number of rotatable bonds is 3. The highest BCUT2D eigenvalue weighted by Crippen LogP contribution is 2.29. The summed E-state index contributed by atoms with van der Waals surface area (Å²) in [6, 6.07) is 5.39. The van der Waals surface area contributed by atoms with E-state index in [4.69, 9.17) is 14.6 Å². The van der Waals surface area contributed by atoms with Crippen LogP contribution in [0.3, 0.4) is 0 Å². The lowest BCUT2D eigenvalue weighted by Crippen LogP contribution is -2.48. The fourth-order valence-corrected chi connectivity index (χ4v) is 2.45. The van der Waals surface area contributed by atoms with Gasteiger partial charge in [0, 0.05) is 24.1 Å². The van der Waals surface area contributed by atoms with Crippen molar-refractivity contribution in [1.82, 2.24) is 0 Å². The Morgan fingerprint density at radius 2 is 1.88 bits per heavy atom. The van der Waals surface area contributed by atoms with Crippen LogP contribution in [0.1, 0.15) is 19.4 Å². The first-order valence-electron chi connectivity index (χ1n) is 6.74. The molecule has 1 fully saturated rings. The Balaban J connectivity index is 2.43. The Hall–Kier alpha value is -1.77. The van der Waals surface area contributed by atoms with Crippen LogP contribution in [0.4, 0.5) is 13.2 Å². The van der Waals surface area contributed by atoms with E-state index in [0.717, 1.165) is 6.07 Å². The second-order valence-corrected chi connectivity index (χ2v) is 7.47. The van der Waals surface area contributed by atoms with Gasteiger partial charge in [-0.15, -0.1) is 0 Å². The van der Waals surface area contributed by atoms with Crippen molar-refractivity contribution in [1.29, 1.82) is 5.26 Å². The van der Waals surface area contributed by atoms with Gasteiger partial charge in [-0.1, -0.05) is 26.0 Å². The minimum atomic E-state index is -5.93. The average Bonchev–Trinajstić information content (AvgIpc) is 2.46. The molecule has 1 aromatic rings. The van der Waals surface area contributed by atoms with Gasteiger partial charge >= 0.3 is 22.7 Å². The van der Waals surface area contributed by atoms with Crippen LogP contribution in [0.15, 0.2) is 18.2 Å². The standard InChI is InChI=1S/C13H13BF3NO5S/c1-12(2)7-21-14(22-8-12)10-5-3-4-9(6-18)11(10)23-24(19,20)13(15,16)17/h3-5H,7-8H2,1-2H3. The van der Waals surface area contributed by atoms with E-state index in [-0.39, 0.29) is 29.7 Å². The molecule has 0 saturated carbocycles. The van der Waals surface area contributed by atoms with Gasteiger partial charge in [0.1, 0.15) is 6.07 Å². The molecule has 2 rings (SSSR count). The zero-order chi connectivity index (χ0) is 18.2. The van der Waals surface area contributed by atoms with Gasteiger partial charge in [-0.25, -0.2) is 0 Å². The molecule has 0 aromatic heterocycles. The van der Waals surface area contributed by atoms with Crippen molar-refractivity contribution in [2.24, 2.45) is 5.41 Å². The van der Waals surface area contributed by atoms with Gasteiger partial charge < -0.3 is 13.5 Å². The molecule has 1 heterocycles. The van der Waals surface area contributed by atoms with Crippen LogP contribution in [-0.4, -0.2) is 34.3 Å². The minimum Gasteiger partial charge on any atom is -0.407 e. The van der Waals surface area contributed by atoms with Gasteiger partial charge in [0.2, 0.25) is 0 Å². The van der Waals surface area contributed by atoms with E-state index in [1.807, 2.05) is 13.8 Å². The van der Waals surface area contributed by atoms with E-state index < -0.39 is 28.5 Å². The fourth-order valence-electron chi connectivity index (χ4n) is 1.95. The molecular formula is C13H13BF3NO5S. The number of benzene rings is 1. The summed E-state index contributed by atoms with van der Waals surface area (Å²) in [4.78, 5) is 0. The Morgan fingerprint density at radius 3 is 2.38 bits per heavy atom. The summed E-state index contributed by atoms with van der Waals surface area (Å²) in [6.07, 6.45) is 0. The predicted molar refractivity (Wildman–Crippen MR) is 77.8 cm³/mol. The van der Waals surface area contributed by atoms with Crippen molar-refractivity contribution in [3.63, 3.8) is 0 Å². The lowest BCUT2D eigenvalue weighted by atomic mass is 9.74. The number of halogens is 3. The molecule has 0 radical (unpaired) electrons. The quantitative estimate of drug-likeness (QED) is 0.460. The molecular weight excluding hydrogens is 350 g/mol. The van der Waals surface area contributed by atoms with Crippen molar-refractivity contribution < 1.29 is 35.1 Å². The first kappa shape index (κ1) is 18.6. The van der Waals surface area contributed by atoms with Crippen LogP contribution < -0.4 is 9.65 Å². The van der Waals surface area contributed by atoms with Gasteiger partial charge in [-0.05, 0) is 6.07 Å². The molecule has 0 N–H and O–H groups in total. The Labute approximate surface area is 137 Å². The lowest BCUT2D eigenvalue weighted by Gasteiger charge is -2.33. The summed E-state index contributed by atoms with van der Waals surface area (Å²) in [5, 5.41) is 9.04. The predicted octanol–water partition coefficient (Wildman–Crippen LogP) is 1.55. The van der Waals surface area contributed by atoms with Crippen molar-refractivity contribution in [2.45, 2.75) is 19.4 Å².